The van der Waals surface area contributed by atoms with Crippen molar-refractivity contribution in [3.05, 3.63) is 40.1 Å². The summed E-state index contributed by atoms with van der Waals surface area (Å²) in [5.41, 5.74) is 3.79. The zero-order chi connectivity index (χ0) is 19.5. The Morgan fingerprint density at radius 1 is 1.14 bits per heavy atom. The Morgan fingerprint density at radius 2 is 1.86 bits per heavy atom. The maximum atomic E-state index is 13.3. The fourth-order valence-electron chi connectivity index (χ4n) is 6.54. The third kappa shape index (κ3) is 2.93. The number of carbonyl (C=O) groups is 1. The summed E-state index contributed by atoms with van der Waals surface area (Å²) in [5, 5.41) is 13.2. The van der Waals surface area contributed by atoms with Crippen molar-refractivity contribution < 1.29 is 9.53 Å². The van der Waals surface area contributed by atoms with Gasteiger partial charge in [-0.05, 0) is 88.2 Å². The average molecular weight is 382 g/mol. The zero-order valence-corrected chi connectivity index (χ0v) is 17.1. The molecular weight excluding hydrogens is 350 g/mol. The van der Waals surface area contributed by atoms with E-state index in [2.05, 4.69) is 6.08 Å². The highest BCUT2D eigenvalue weighted by molar-refractivity contribution is 5.81. The van der Waals surface area contributed by atoms with Crippen LogP contribution in [0.2, 0.25) is 0 Å². The third-order valence-electron chi connectivity index (χ3n) is 7.64. The predicted octanol–water partition coefficient (Wildman–Crippen LogP) is 5.33. The number of carbonyl (C=O) groups excluding carboxylic acids is 1. The maximum absolute atomic E-state index is 13.3. The molecule has 3 fully saturated rings. The number of hydrogen-bond acceptors (Lipinski definition) is 3. The lowest BCUT2D eigenvalue weighted by atomic mass is 9.53. The second kappa shape index (κ2) is 6.43. The lowest BCUT2D eigenvalue weighted by Gasteiger charge is -2.50. The number of hydrogen-bond donors (Lipinski definition) is 0. The Balaban J connectivity index is 1.40. The highest BCUT2D eigenvalue weighted by Crippen LogP contribution is 2.57. The lowest BCUT2D eigenvalue weighted by molar-refractivity contribution is -0.152. The lowest BCUT2D eigenvalue weighted by Crippen LogP contribution is -2.48. The average Bonchev–Trinajstić information content (AvgIpc) is 2.64. The smallest absolute Gasteiger partial charge is 0.317 e. The molecule has 1 aromatic carbocycles. The van der Waals surface area contributed by atoms with Gasteiger partial charge in [-0.15, -0.1) is 0 Å². The van der Waals surface area contributed by atoms with E-state index in [-0.39, 0.29) is 16.0 Å². The summed E-state index contributed by atoms with van der Waals surface area (Å²) in [7, 11) is 0. The highest BCUT2D eigenvalue weighted by Gasteiger charge is 2.53. The van der Waals surface area contributed by atoms with Gasteiger partial charge >= 0.3 is 5.97 Å². The molecule has 0 N–H and O–H groups in total. The summed E-state index contributed by atoms with van der Waals surface area (Å²) in [6.45, 7) is 5.24. The van der Waals surface area contributed by atoms with Gasteiger partial charge in [0.1, 0.15) is 11.4 Å². The van der Waals surface area contributed by atoms with Crippen molar-refractivity contribution in [3.63, 3.8) is 0 Å². The fourth-order valence-corrected chi connectivity index (χ4v) is 6.54. The molecule has 4 bridgehead atoms. The van der Waals surface area contributed by atoms with Crippen LogP contribution in [0.4, 0.5) is 5.69 Å². The first-order chi connectivity index (χ1) is 13.4. The Hall–Kier alpha value is -1.65. The Labute approximate surface area is 167 Å². The topological polar surface area (TPSA) is 49.4 Å². The molecule has 0 aromatic heterocycles. The van der Waals surface area contributed by atoms with E-state index in [4.69, 9.17) is 4.74 Å². The Kier molecular flexibility index (Phi) is 4.22. The van der Waals surface area contributed by atoms with Gasteiger partial charge in [0.05, 0.1) is 18.5 Å². The van der Waals surface area contributed by atoms with Crippen molar-refractivity contribution in [1.29, 1.82) is 0 Å². The molecule has 6 rings (SSSR count). The number of quaternary nitrogens is 1. The third-order valence-corrected chi connectivity index (χ3v) is 7.64. The second-order valence-electron chi connectivity index (χ2n) is 9.95. The van der Waals surface area contributed by atoms with Crippen LogP contribution < -0.4 is 9.38 Å². The number of allylic oxidation sites excluding steroid dienone is 2. The van der Waals surface area contributed by atoms with E-state index in [1.54, 1.807) is 0 Å². The molecule has 28 heavy (non-hydrogen) atoms. The van der Waals surface area contributed by atoms with E-state index in [1.807, 2.05) is 26.0 Å². The van der Waals surface area contributed by atoms with Gasteiger partial charge in [0.2, 0.25) is 0 Å². The molecule has 4 heteroatoms. The predicted molar refractivity (Wildman–Crippen MR) is 111 cm³/mol. The number of ether oxygens (including phenoxy) is 1. The van der Waals surface area contributed by atoms with Crippen molar-refractivity contribution in [2.75, 3.05) is 13.1 Å². The van der Waals surface area contributed by atoms with Crippen LogP contribution in [-0.2, 0) is 4.79 Å². The van der Waals surface area contributed by atoms with E-state index < -0.39 is 0 Å². The minimum absolute atomic E-state index is 0.0459. The summed E-state index contributed by atoms with van der Waals surface area (Å²) >= 11 is 0. The van der Waals surface area contributed by atoms with Gasteiger partial charge in [-0.25, -0.2) is 0 Å². The van der Waals surface area contributed by atoms with Crippen molar-refractivity contribution in [1.82, 2.24) is 4.65 Å². The molecule has 5 aliphatic rings. The quantitative estimate of drug-likeness (QED) is 0.234. The van der Waals surface area contributed by atoms with E-state index in [9.17, 15) is 10.0 Å². The van der Waals surface area contributed by atoms with Crippen LogP contribution in [0.25, 0.3) is 0 Å². The van der Waals surface area contributed by atoms with E-state index in [0.29, 0.717) is 30.7 Å². The van der Waals surface area contributed by atoms with E-state index >= 15 is 0 Å². The van der Waals surface area contributed by atoms with Crippen molar-refractivity contribution >= 4 is 11.7 Å². The minimum atomic E-state index is -0.313. The first kappa shape index (κ1) is 18.4. The molecule has 1 heterocycles. The second-order valence-corrected chi connectivity index (χ2v) is 9.95. The molecule has 1 aromatic rings. The SMILES string of the molecule is Cc1cc([N+]2([O-])CCCCC2)cc(C)c1OC(=O)C12CC3=CC(CC(C3)C1)C2. The molecule has 1 aliphatic heterocycles. The summed E-state index contributed by atoms with van der Waals surface area (Å²) in [6.07, 6.45) is 10.8. The molecule has 3 atom stereocenters. The summed E-state index contributed by atoms with van der Waals surface area (Å²) in [5.74, 6) is 1.85. The van der Waals surface area contributed by atoms with Crippen LogP contribution in [0, 0.1) is 36.3 Å². The molecular formula is C24H31NO3. The minimum Gasteiger partial charge on any atom is -0.627 e. The van der Waals surface area contributed by atoms with Gasteiger partial charge in [-0.2, -0.15) is 0 Å². The first-order valence-corrected chi connectivity index (χ1v) is 11.0. The Bertz CT molecular complexity index is 828. The normalized spacial score (nSPS) is 32.9. The fraction of sp³-hybridized carbons (Fsp3) is 0.625. The van der Waals surface area contributed by atoms with Gasteiger partial charge < -0.3 is 14.6 Å². The van der Waals surface area contributed by atoms with E-state index in [1.165, 1.54) is 18.4 Å². The van der Waals surface area contributed by atoms with Gasteiger partial charge in [-0.3, -0.25) is 4.79 Å². The van der Waals surface area contributed by atoms with Crippen LogP contribution >= 0.6 is 0 Å². The number of rotatable bonds is 3. The number of nitrogens with zero attached hydrogens (tertiary/aromatic N) is 1. The van der Waals surface area contributed by atoms with E-state index in [0.717, 1.165) is 55.3 Å². The monoisotopic (exact) mass is 381 g/mol. The van der Waals surface area contributed by atoms with Crippen LogP contribution in [0.5, 0.6) is 5.75 Å². The van der Waals surface area contributed by atoms with Crippen molar-refractivity contribution in [3.8, 4) is 5.75 Å². The number of benzene rings is 1. The van der Waals surface area contributed by atoms with Crippen molar-refractivity contribution in [2.24, 2.45) is 17.3 Å². The Morgan fingerprint density at radius 3 is 2.50 bits per heavy atom. The molecule has 0 spiro atoms. The number of aryl methyl sites for hydroxylation is 2. The molecule has 1 saturated heterocycles. The molecule has 0 radical (unpaired) electrons. The molecule has 150 valence electrons. The van der Waals surface area contributed by atoms with Gasteiger partial charge in [0.15, 0.2) is 0 Å². The summed E-state index contributed by atoms with van der Waals surface area (Å²) in [6, 6.07) is 3.91. The molecule has 4 aliphatic carbocycles. The molecule has 0 amide bonds. The molecule has 2 saturated carbocycles. The largest absolute Gasteiger partial charge is 0.627 e. The molecule has 3 unspecified atom stereocenters. The standard InChI is InChI=1S/C24H31NO3/c1-16-8-21(25(27)6-4-3-5-7-25)9-17(2)22(16)28-23(26)24-13-18-10-19(14-24)12-20(11-18)15-24/h8-10,18,20H,3-7,11-15H2,1-2H3. The zero-order valence-electron chi connectivity index (χ0n) is 17.1. The van der Waals surface area contributed by atoms with Crippen LogP contribution in [0.1, 0.15) is 62.5 Å². The van der Waals surface area contributed by atoms with Crippen LogP contribution in [0.15, 0.2) is 23.8 Å². The summed E-state index contributed by atoms with van der Waals surface area (Å²) < 4.78 is 5.82. The van der Waals surface area contributed by atoms with Crippen LogP contribution in [0.3, 0.4) is 0 Å². The first-order valence-electron chi connectivity index (χ1n) is 11.0. The number of esters is 1. The number of piperidine rings is 1. The van der Waals surface area contributed by atoms with Crippen LogP contribution in [-0.4, -0.2) is 19.1 Å². The van der Waals surface area contributed by atoms with Gasteiger partial charge in [0.25, 0.3) is 0 Å². The highest BCUT2D eigenvalue weighted by atomic mass is 16.5. The summed E-state index contributed by atoms with van der Waals surface area (Å²) in [4.78, 5) is 13.3. The van der Waals surface area contributed by atoms with Gasteiger partial charge in [0, 0.05) is 12.1 Å². The van der Waals surface area contributed by atoms with Crippen molar-refractivity contribution in [2.45, 2.75) is 65.2 Å². The molecule has 4 nitrogen and oxygen atoms in total. The van der Waals surface area contributed by atoms with Gasteiger partial charge in [-0.1, -0.05) is 11.6 Å². The number of hydroxylamine groups is 2. The maximum Gasteiger partial charge on any atom is 0.317 e.